The molecular weight excluding hydrogens is 422 g/mol. The molecule has 0 aliphatic carbocycles. The molecule has 0 unspecified atom stereocenters. The lowest BCUT2D eigenvalue weighted by Gasteiger charge is -2.32. The van der Waals surface area contributed by atoms with E-state index in [4.69, 9.17) is 0 Å². The second kappa shape index (κ2) is 9.60. The summed E-state index contributed by atoms with van der Waals surface area (Å²) in [6.07, 6.45) is 4.00. The number of amides is 1. The van der Waals surface area contributed by atoms with Crippen LogP contribution in [-0.4, -0.2) is 38.7 Å². The monoisotopic (exact) mass is 453 g/mol. The lowest BCUT2D eigenvalue weighted by molar-refractivity contribution is -0.117. The molecule has 170 valence electrons. The van der Waals surface area contributed by atoms with Gasteiger partial charge in [-0.2, -0.15) is 23.6 Å². The van der Waals surface area contributed by atoms with Crippen LogP contribution in [0.25, 0.3) is 11.1 Å². The highest BCUT2D eigenvalue weighted by molar-refractivity contribution is 7.59. The van der Waals surface area contributed by atoms with E-state index in [1.54, 1.807) is 0 Å². The highest BCUT2D eigenvalue weighted by Gasteiger charge is 2.30. The summed E-state index contributed by atoms with van der Waals surface area (Å²) in [5.41, 5.74) is 4.82. The van der Waals surface area contributed by atoms with E-state index >= 15 is 0 Å². The van der Waals surface area contributed by atoms with Crippen molar-refractivity contribution in [3.05, 3.63) is 47.9 Å². The fourth-order valence-corrected chi connectivity index (χ4v) is 3.61. The molecule has 8 nitrogen and oxygen atoms in total. The first kappa shape index (κ1) is 23.6. The highest BCUT2D eigenvalue weighted by atomic mass is 32.1. The first-order valence-corrected chi connectivity index (χ1v) is 10.6. The largest absolute Gasteiger partial charge is 0.350 e. The van der Waals surface area contributed by atoms with E-state index in [2.05, 4.69) is 70.0 Å². The number of carbonyl (C=O) groups is 1. The Hall–Kier alpha value is -3.07. The van der Waals surface area contributed by atoms with Gasteiger partial charge in [-0.25, -0.2) is 4.98 Å². The Labute approximate surface area is 195 Å². The van der Waals surface area contributed by atoms with Crippen molar-refractivity contribution < 1.29 is 4.79 Å². The minimum Gasteiger partial charge on any atom is -0.350 e. The van der Waals surface area contributed by atoms with Gasteiger partial charge in [0.25, 0.3) is 0 Å². The van der Waals surface area contributed by atoms with Gasteiger partial charge in [-0.15, -0.1) is 0 Å². The Morgan fingerprint density at radius 2 is 1.88 bits per heavy atom. The molecule has 0 fully saturated rings. The van der Waals surface area contributed by atoms with Gasteiger partial charge in [0.15, 0.2) is 5.82 Å². The zero-order valence-corrected chi connectivity index (χ0v) is 20.2. The molecule has 2 aromatic heterocycles. The number of carbonyl (C=O) groups excluding carboxylic acids is 1. The fourth-order valence-electron chi connectivity index (χ4n) is 3.61. The SMILES string of the molecule is Cc1nc(NCc2ccc(-c3cnn(CC(C)C)c3)cc2)nc2c1NC(=O)[C@H](C)N2C.S. The maximum absolute atomic E-state index is 12.1. The normalized spacial score (nSPS) is 15.2. The molecule has 1 aromatic carbocycles. The minimum atomic E-state index is -0.271. The van der Waals surface area contributed by atoms with E-state index in [1.165, 1.54) is 0 Å². The average Bonchev–Trinajstić information content (AvgIpc) is 3.19. The molecule has 0 saturated heterocycles. The quantitative estimate of drug-likeness (QED) is 0.590. The summed E-state index contributed by atoms with van der Waals surface area (Å²) in [4.78, 5) is 23.1. The van der Waals surface area contributed by atoms with Crippen LogP contribution in [0, 0.1) is 12.8 Å². The van der Waals surface area contributed by atoms with E-state index in [1.807, 2.05) is 36.7 Å². The smallest absolute Gasteiger partial charge is 0.246 e. The van der Waals surface area contributed by atoms with Gasteiger partial charge in [0.1, 0.15) is 11.7 Å². The van der Waals surface area contributed by atoms with Crippen LogP contribution in [0.15, 0.2) is 36.7 Å². The highest BCUT2D eigenvalue weighted by Crippen LogP contribution is 2.32. The Kier molecular flexibility index (Phi) is 7.08. The van der Waals surface area contributed by atoms with Gasteiger partial charge < -0.3 is 15.5 Å². The predicted octanol–water partition coefficient (Wildman–Crippen LogP) is 3.81. The standard InChI is InChI=1S/C23H29N7O.H2S/c1-14(2)12-30-13-19(11-25-30)18-8-6-17(7-9-18)10-24-23-26-15(3)20-21(28-23)29(5)16(4)22(31)27-20;/h6-9,11,13-14,16H,10,12H2,1-5H3,(H,27,31)(H,24,26,28);1H2/t16-;/m0./s1. The van der Waals surface area contributed by atoms with Crippen LogP contribution in [0.1, 0.15) is 32.0 Å². The lowest BCUT2D eigenvalue weighted by Crippen LogP contribution is -2.44. The number of hydrogen-bond acceptors (Lipinski definition) is 6. The number of hydrogen-bond donors (Lipinski definition) is 2. The Bertz CT molecular complexity index is 1090. The zero-order chi connectivity index (χ0) is 22.1. The van der Waals surface area contributed by atoms with Gasteiger partial charge in [0.2, 0.25) is 11.9 Å². The summed E-state index contributed by atoms with van der Waals surface area (Å²) < 4.78 is 1.99. The molecule has 0 saturated carbocycles. The number of aryl methyl sites for hydroxylation is 1. The summed E-state index contributed by atoms with van der Waals surface area (Å²) in [7, 11) is 1.88. The van der Waals surface area contributed by atoms with Gasteiger partial charge in [0, 0.05) is 31.9 Å². The number of benzene rings is 1. The van der Waals surface area contributed by atoms with Gasteiger partial charge in [-0.05, 0) is 30.9 Å². The third kappa shape index (κ3) is 4.88. The Morgan fingerprint density at radius 3 is 2.56 bits per heavy atom. The number of anilines is 3. The summed E-state index contributed by atoms with van der Waals surface area (Å²) in [5.74, 6) is 1.80. The second-order valence-corrected chi connectivity index (χ2v) is 8.50. The average molecular weight is 454 g/mol. The van der Waals surface area contributed by atoms with E-state index in [9.17, 15) is 4.79 Å². The third-order valence-corrected chi connectivity index (χ3v) is 5.54. The number of nitrogens with zero attached hydrogens (tertiary/aromatic N) is 5. The van der Waals surface area contributed by atoms with Crippen molar-refractivity contribution in [3.63, 3.8) is 0 Å². The van der Waals surface area contributed by atoms with Gasteiger partial charge in [-0.3, -0.25) is 9.48 Å². The van der Waals surface area contributed by atoms with Crippen LogP contribution in [0.2, 0.25) is 0 Å². The van der Waals surface area contributed by atoms with Crippen LogP contribution in [-0.2, 0) is 17.9 Å². The van der Waals surface area contributed by atoms with Crippen LogP contribution < -0.4 is 15.5 Å². The Balaban J connectivity index is 0.00000289. The molecule has 0 spiro atoms. The van der Waals surface area contributed by atoms with Gasteiger partial charge >= 0.3 is 0 Å². The minimum absolute atomic E-state index is 0. The number of aromatic nitrogens is 4. The number of fused-ring (bicyclic) bond motifs is 1. The molecule has 3 aromatic rings. The molecule has 1 aliphatic rings. The van der Waals surface area contributed by atoms with Crippen molar-refractivity contribution in [2.45, 2.75) is 46.8 Å². The lowest BCUT2D eigenvalue weighted by atomic mass is 10.1. The molecule has 1 amide bonds. The molecule has 0 bridgehead atoms. The maximum atomic E-state index is 12.1. The molecule has 1 aliphatic heterocycles. The predicted molar refractivity (Wildman–Crippen MR) is 133 cm³/mol. The molecule has 3 heterocycles. The first-order chi connectivity index (χ1) is 14.8. The number of rotatable bonds is 6. The van der Waals surface area contributed by atoms with Crippen LogP contribution >= 0.6 is 13.5 Å². The summed E-state index contributed by atoms with van der Waals surface area (Å²) in [6, 6.07) is 8.14. The van der Waals surface area contributed by atoms with Crippen molar-refractivity contribution >= 4 is 36.9 Å². The van der Waals surface area contributed by atoms with Crippen LogP contribution in [0.4, 0.5) is 17.5 Å². The van der Waals surface area contributed by atoms with E-state index in [0.29, 0.717) is 24.1 Å². The van der Waals surface area contributed by atoms with Crippen molar-refractivity contribution in [2.24, 2.45) is 5.92 Å². The number of nitrogens with one attached hydrogen (secondary N) is 2. The molecular formula is C23H31N7OS. The molecule has 2 N–H and O–H groups in total. The second-order valence-electron chi connectivity index (χ2n) is 8.50. The van der Waals surface area contributed by atoms with E-state index in [0.717, 1.165) is 34.7 Å². The van der Waals surface area contributed by atoms with Crippen molar-refractivity contribution in [1.29, 1.82) is 0 Å². The van der Waals surface area contributed by atoms with Crippen molar-refractivity contribution in [1.82, 2.24) is 19.7 Å². The summed E-state index contributed by atoms with van der Waals surface area (Å²) >= 11 is 0. The van der Waals surface area contributed by atoms with E-state index in [-0.39, 0.29) is 25.4 Å². The molecule has 9 heteroatoms. The third-order valence-electron chi connectivity index (χ3n) is 5.54. The molecule has 1 atom stereocenters. The van der Waals surface area contributed by atoms with Crippen LogP contribution in [0.5, 0.6) is 0 Å². The number of likely N-dealkylation sites (N-methyl/N-ethyl adjacent to an activating group) is 1. The summed E-state index contributed by atoms with van der Waals surface area (Å²) in [5, 5.41) is 10.7. The zero-order valence-electron chi connectivity index (χ0n) is 19.2. The van der Waals surface area contributed by atoms with Gasteiger partial charge in [0.05, 0.1) is 11.9 Å². The van der Waals surface area contributed by atoms with Crippen molar-refractivity contribution in [3.8, 4) is 11.1 Å². The van der Waals surface area contributed by atoms with Crippen LogP contribution in [0.3, 0.4) is 0 Å². The maximum Gasteiger partial charge on any atom is 0.246 e. The summed E-state index contributed by atoms with van der Waals surface area (Å²) in [6.45, 7) is 9.63. The topological polar surface area (TPSA) is 88.0 Å². The molecule has 32 heavy (non-hydrogen) atoms. The van der Waals surface area contributed by atoms with E-state index < -0.39 is 0 Å². The first-order valence-electron chi connectivity index (χ1n) is 10.6. The van der Waals surface area contributed by atoms with Crippen molar-refractivity contribution in [2.75, 3.05) is 22.6 Å². The van der Waals surface area contributed by atoms with Gasteiger partial charge in [-0.1, -0.05) is 38.1 Å². The fraction of sp³-hybridized carbons (Fsp3) is 0.391. The molecule has 0 radical (unpaired) electrons. The Morgan fingerprint density at radius 1 is 1.16 bits per heavy atom. The molecule has 4 rings (SSSR count).